The lowest BCUT2D eigenvalue weighted by atomic mass is 10.1. The van der Waals surface area contributed by atoms with E-state index in [0.717, 1.165) is 33.7 Å². The number of rotatable bonds is 8. The Labute approximate surface area is 177 Å². The molecule has 8 nitrogen and oxygen atoms in total. The van der Waals surface area contributed by atoms with Crippen molar-refractivity contribution in [3.8, 4) is 17.0 Å². The van der Waals surface area contributed by atoms with Crippen molar-refractivity contribution in [1.29, 1.82) is 0 Å². The summed E-state index contributed by atoms with van der Waals surface area (Å²) in [4.78, 5) is 29.8. The fraction of sp³-hybridized carbons (Fsp3) is 0.190. The Morgan fingerprint density at radius 2 is 2.07 bits per heavy atom. The summed E-state index contributed by atoms with van der Waals surface area (Å²) in [6, 6.07) is 9.23. The van der Waals surface area contributed by atoms with Gasteiger partial charge in [0.15, 0.2) is 0 Å². The molecular formula is C21H20N6O2S. The van der Waals surface area contributed by atoms with E-state index in [4.69, 9.17) is 4.74 Å². The van der Waals surface area contributed by atoms with Crippen LogP contribution in [0.1, 0.15) is 16.9 Å². The first-order chi connectivity index (χ1) is 14.8. The number of pyridine rings is 2. The molecule has 152 valence electrons. The number of carbonyl (C=O) groups is 1. The van der Waals surface area contributed by atoms with E-state index >= 15 is 0 Å². The highest BCUT2D eigenvalue weighted by molar-refractivity contribution is 7.17. The maximum atomic E-state index is 11.5. The molecule has 0 unspecified atom stereocenters. The normalized spacial score (nSPS) is 10.7. The van der Waals surface area contributed by atoms with Crippen LogP contribution < -0.4 is 15.4 Å². The molecule has 0 saturated heterocycles. The number of anilines is 1. The second-order valence-corrected chi connectivity index (χ2v) is 7.21. The highest BCUT2D eigenvalue weighted by Crippen LogP contribution is 2.35. The Hall–Kier alpha value is -3.59. The van der Waals surface area contributed by atoms with E-state index < -0.39 is 0 Å². The van der Waals surface area contributed by atoms with Crippen molar-refractivity contribution in [3.05, 3.63) is 60.1 Å². The van der Waals surface area contributed by atoms with Gasteiger partial charge in [0.2, 0.25) is 0 Å². The van der Waals surface area contributed by atoms with Gasteiger partial charge < -0.3 is 15.4 Å². The molecule has 0 radical (unpaired) electrons. The molecule has 4 aromatic rings. The van der Waals surface area contributed by atoms with Crippen LogP contribution in [0.5, 0.6) is 5.75 Å². The molecule has 0 aliphatic heterocycles. The van der Waals surface area contributed by atoms with Crippen LogP contribution in [0.15, 0.2) is 54.4 Å². The number of nitrogens with zero attached hydrogens (tertiary/aromatic N) is 4. The molecule has 1 amide bonds. The van der Waals surface area contributed by atoms with E-state index in [-0.39, 0.29) is 5.91 Å². The molecule has 0 aromatic carbocycles. The van der Waals surface area contributed by atoms with Gasteiger partial charge in [-0.2, -0.15) is 0 Å². The number of carbonyl (C=O) groups excluding carboxylic acids is 1. The van der Waals surface area contributed by atoms with Crippen molar-refractivity contribution >= 4 is 33.3 Å². The monoisotopic (exact) mass is 420 g/mol. The SMILES string of the molecule is CNC(=O)c1ccc(OCCCNc2ncnc3scc(-c4ccccn4)c23)cn1. The van der Waals surface area contributed by atoms with Crippen molar-refractivity contribution < 1.29 is 9.53 Å². The summed E-state index contributed by atoms with van der Waals surface area (Å²) >= 11 is 1.58. The van der Waals surface area contributed by atoms with Crippen LogP contribution in [0.4, 0.5) is 5.82 Å². The largest absolute Gasteiger partial charge is 0.492 e. The molecular weight excluding hydrogens is 400 g/mol. The van der Waals surface area contributed by atoms with Crippen molar-refractivity contribution in [1.82, 2.24) is 25.3 Å². The first-order valence-corrected chi connectivity index (χ1v) is 10.3. The molecule has 4 heterocycles. The van der Waals surface area contributed by atoms with Gasteiger partial charge in [0, 0.05) is 30.7 Å². The van der Waals surface area contributed by atoms with Crippen LogP contribution in [0.3, 0.4) is 0 Å². The fourth-order valence-electron chi connectivity index (χ4n) is 2.92. The van der Waals surface area contributed by atoms with Gasteiger partial charge in [0.05, 0.1) is 23.9 Å². The average molecular weight is 420 g/mol. The zero-order chi connectivity index (χ0) is 20.8. The average Bonchev–Trinajstić information content (AvgIpc) is 3.24. The van der Waals surface area contributed by atoms with E-state index in [1.807, 2.05) is 18.2 Å². The van der Waals surface area contributed by atoms with Crippen molar-refractivity contribution in [2.75, 3.05) is 25.5 Å². The number of nitrogens with one attached hydrogen (secondary N) is 2. The molecule has 30 heavy (non-hydrogen) atoms. The third kappa shape index (κ3) is 4.36. The minimum Gasteiger partial charge on any atom is -0.492 e. The second-order valence-electron chi connectivity index (χ2n) is 6.35. The molecule has 2 N–H and O–H groups in total. The molecule has 0 bridgehead atoms. The summed E-state index contributed by atoms with van der Waals surface area (Å²) in [7, 11) is 1.57. The van der Waals surface area contributed by atoms with Gasteiger partial charge in [-0.25, -0.2) is 15.0 Å². The van der Waals surface area contributed by atoms with Gasteiger partial charge in [-0.3, -0.25) is 9.78 Å². The molecule has 0 saturated carbocycles. The summed E-state index contributed by atoms with van der Waals surface area (Å²) in [5, 5.41) is 8.96. The summed E-state index contributed by atoms with van der Waals surface area (Å²) < 4.78 is 5.70. The number of amides is 1. The lowest BCUT2D eigenvalue weighted by Gasteiger charge is -2.09. The lowest BCUT2D eigenvalue weighted by Crippen LogP contribution is -2.19. The Bertz CT molecular complexity index is 1130. The highest BCUT2D eigenvalue weighted by atomic mass is 32.1. The topological polar surface area (TPSA) is 102 Å². The van der Waals surface area contributed by atoms with Crippen LogP contribution in [-0.2, 0) is 0 Å². The standard InChI is InChI=1S/C21H20N6O2S/c1-22-20(28)17-7-6-14(11-25-17)29-10-4-9-24-19-18-15(16-5-2-3-8-23-16)12-30-21(18)27-13-26-19/h2-3,5-8,11-13H,4,9-10H2,1H3,(H,22,28)(H,24,26,27). The Morgan fingerprint density at radius 3 is 2.83 bits per heavy atom. The first-order valence-electron chi connectivity index (χ1n) is 9.44. The van der Waals surface area contributed by atoms with Crippen LogP contribution in [0.25, 0.3) is 21.5 Å². The Balaban J connectivity index is 1.35. The van der Waals surface area contributed by atoms with Crippen molar-refractivity contribution in [2.45, 2.75) is 6.42 Å². The van der Waals surface area contributed by atoms with Crippen molar-refractivity contribution in [3.63, 3.8) is 0 Å². The van der Waals surface area contributed by atoms with Crippen LogP contribution in [0, 0.1) is 0 Å². The highest BCUT2D eigenvalue weighted by Gasteiger charge is 2.13. The minimum absolute atomic E-state index is 0.222. The third-order valence-electron chi connectivity index (χ3n) is 4.39. The predicted molar refractivity (Wildman–Crippen MR) is 117 cm³/mol. The number of aromatic nitrogens is 4. The molecule has 0 fully saturated rings. The van der Waals surface area contributed by atoms with Gasteiger partial charge in [-0.1, -0.05) is 6.07 Å². The van der Waals surface area contributed by atoms with Gasteiger partial charge in [0.25, 0.3) is 5.91 Å². The molecule has 4 aromatic heterocycles. The zero-order valence-electron chi connectivity index (χ0n) is 16.3. The van der Waals surface area contributed by atoms with E-state index in [9.17, 15) is 4.79 Å². The summed E-state index contributed by atoms with van der Waals surface area (Å²) in [6.45, 7) is 1.20. The van der Waals surface area contributed by atoms with E-state index in [2.05, 4.69) is 35.9 Å². The Morgan fingerprint density at radius 1 is 1.13 bits per heavy atom. The smallest absolute Gasteiger partial charge is 0.269 e. The van der Waals surface area contributed by atoms with E-state index in [1.54, 1.807) is 49.2 Å². The summed E-state index contributed by atoms with van der Waals surface area (Å²) in [5.41, 5.74) is 2.29. The van der Waals surface area contributed by atoms with Crippen LogP contribution in [-0.4, -0.2) is 46.0 Å². The molecule has 4 rings (SSSR count). The molecule has 0 aliphatic rings. The molecule has 0 atom stereocenters. The van der Waals surface area contributed by atoms with E-state index in [0.29, 0.717) is 24.6 Å². The maximum absolute atomic E-state index is 11.5. The number of thiophene rings is 1. The van der Waals surface area contributed by atoms with Crippen LogP contribution >= 0.6 is 11.3 Å². The van der Waals surface area contributed by atoms with Gasteiger partial charge in [0.1, 0.15) is 28.4 Å². The fourth-order valence-corrected chi connectivity index (χ4v) is 3.82. The quantitative estimate of drug-likeness (QED) is 0.421. The maximum Gasteiger partial charge on any atom is 0.269 e. The zero-order valence-corrected chi connectivity index (χ0v) is 17.1. The van der Waals surface area contributed by atoms with Gasteiger partial charge >= 0.3 is 0 Å². The molecule has 0 spiro atoms. The number of ether oxygens (including phenoxy) is 1. The number of hydrogen-bond donors (Lipinski definition) is 2. The molecule has 9 heteroatoms. The first kappa shape index (κ1) is 19.7. The van der Waals surface area contributed by atoms with Gasteiger partial charge in [-0.15, -0.1) is 11.3 Å². The summed E-state index contributed by atoms with van der Waals surface area (Å²) in [6.07, 6.45) is 5.67. The lowest BCUT2D eigenvalue weighted by molar-refractivity contribution is 0.0958. The molecule has 0 aliphatic carbocycles. The van der Waals surface area contributed by atoms with E-state index in [1.165, 1.54) is 0 Å². The number of hydrogen-bond acceptors (Lipinski definition) is 8. The number of fused-ring (bicyclic) bond motifs is 1. The third-order valence-corrected chi connectivity index (χ3v) is 5.28. The second kappa shape index (κ2) is 9.27. The van der Waals surface area contributed by atoms with Crippen molar-refractivity contribution in [2.24, 2.45) is 0 Å². The Kier molecular flexibility index (Phi) is 6.09. The minimum atomic E-state index is -0.222. The van der Waals surface area contributed by atoms with Crippen LogP contribution in [0.2, 0.25) is 0 Å². The summed E-state index contributed by atoms with van der Waals surface area (Å²) in [5.74, 6) is 1.20. The van der Waals surface area contributed by atoms with Gasteiger partial charge in [-0.05, 0) is 30.7 Å². The predicted octanol–water partition coefficient (Wildman–Crippen LogP) is 3.39.